The summed E-state index contributed by atoms with van der Waals surface area (Å²) in [5.41, 5.74) is 0.298. The van der Waals surface area contributed by atoms with Crippen LogP contribution in [0, 0.1) is 0 Å². The van der Waals surface area contributed by atoms with E-state index in [2.05, 4.69) is 36.6 Å². The monoisotopic (exact) mass is 376 g/mol. The molecular formula is C9H5Br2F3O3. The van der Waals surface area contributed by atoms with Crippen LogP contribution in [0.1, 0.15) is 10.4 Å². The van der Waals surface area contributed by atoms with Gasteiger partial charge in [-0.2, -0.15) is 0 Å². The topological polar surface area (TPSA) is 46.5 Å². The van der Waals surface area contributed by atoms with Crippen molar-refractivity contribution in [1.82, 2.24) is 0 Å². The predicted molar refractivity (Wildman–Crippen MR) is 60.1 cm³/mol. The molecule has 0 aromatic heterocycles. The Bertz CT molecular complexity index is 434. The first-order valence-corrected chi connectivity index (χ1v) is 5.83. The predicted octanol–water partition coefficient (Wildman–Crippen LogP) is 3.87. The van der Waals surface area contributed by atoms with Crippen LogP contribution >= 0.6 is 31.9 Å². The van der Waals surface area contributed by atoms with Gasteiger partial charge in [0.2, 0.25) is 0 Å². The minimum Gasteiger partial charge on any atom is -0.480 e. The van der Waals surface area contributed by atoms with E-state index < -0.39 is 22.9 Å². The standard InChI is InChI=1S/C9H5Br2F3O3/c10-6-3-4(17-9(12,13)14)1-2-5(6)7(11)8(15)16/h1-3,7H,(H,15,16). The summed E-state index contributed by atoms with van der Waals surface area (Å²) in [5, 5.41) is 8.74. The molecule has 3 nitrogen and oxygen atoms in total. The minimum absolute atomic E-state index is 0.212. The zero-order valence-electron chi connectivity index (χ0n) is 7.96. The van der Waals surface area contributed by atoms with Crippen LogP contribution < -0.4 is 4.74 Å². The van der Waals surface area contributed by atoms with E-state index in [1.807, 2.05) is 0 Å². The molecule has 0 bridgehead atoms. The number of alkyl halides is 4. The smallest absolute Gasteiger partial charge is 0.480 e. The zero-order valence-corrected chi connectivity index (χ0v) is 11.1. The number of ether oxygens (including phenoxy) is 1. The van der Waals surface area contributed by atoms with Gasteiger partial charge >= 0.3 is 12.3 Å². The highest BCUT2D eigenvalue weighted by Crippen LogP contribution is 2.34. The van der Waals surface area contributed by atoms with Gasteiger partial charge in [0.25, 0.3) is 0 Å². The summed E-state index contributed by atoms with van der Waals surface area (Å²) >= 11 is 5.88. The largest absolute Gasteiger partial charge is 0.573 e. The van der Waals surface area contributed by atoms with Crippen molar-refractivity contribution in [2.45, 2.75) is 11.2 Å². The maximum Gasteiger partial charge on any atom is 0.573 e. The van der Waals surface area contributed by atoms with Crippen molar-refractivity contribution in [3.05, 3.63) is 28.2 Å². The second-order valence-electron chi connectivity index (χ2n) is 2.93. The average molecular weight is 378 g/mol. The Labute approximate surface area is 111 Å². The number of carboxylic acid groups (broad SMARTS) is 1. The maximum atomic E-state index is 11.9. The molecule has 1 aromatic carbocycles. The third-order valence-electron chi connectivity index (χ3n) is 1.70. The molecule has 0 aliphatic carbocycles. The third-order valence-corrected chi connectivity index (χ3v) is 3.27. The number of rotatable bonds is 3. The first kappa shape index (κ1) is 14.3. The van der Waals surface area contributed by atoms with Crippen molar-refractivity contribution < 1.29 is 27.8 Å². The quantitative estimate of drug-likeness (QED) is 0.813. The van der Waals surface area contributed by atoms with Crippen LogP contribution in [-0.4, -0.2) is 17.4 Å². The Hall–Kier alpha value is -0.760. The normalized spacial score (nSPS) is 13.2. The number of halogens is 5. The number of carboxylic acids is 1. The molecule has 0 saturated carbocycles. The van der Waals surface area contributed by atoms with Gasteiger partial charge in [-0.15, -0.1) is 13.2 Å². The minimum atomic E-state index is -4.78. The van der Waals surface area contributed by atoms with Gasteiger partial charge in [0.05, 0.1) is 0 Å². The molecule has 17 heavy (non-hydrogen) atoms. The third kappa shape index (κ3) is 4.19. The van der Waals surface area contributed by atoms with Crippen molar-refractivity contribution in [3.8, 4) is 5.75 Å². The molecule has 94 valence electrons. The molecule has 0 saturated heterocycles. The number of aliphatic carboxylic acids is 1. The van der Waals surface area contributed by atoms with Crippen molar-refractivity contribution in [2.75, 3.05) is 0 Å². The summed E-state index contributed by atoms with van der Waals surface area (Å²) in [6.45, 7) is 0. The Morgan fingerprint density at radius 1 is 1.41 bits per heavy atom. The molecule has 0 aliphatic rings. The van der Waals surface area contributed by atoms with Gasteiger partial charge < -0.3 is 9.84 Å². The molecule has 0 amide bonds. The molecule has 1 rings (SSSR count). The van der Waals surface area contributed by atoms with Gasteiger partial charge in [-0.05, 0) is 17.7 Å². The molecule has 0 spiro atoms. The Morgan fingerprint density at radius 3 is 2.41 bits per heavy atom. The summed E-state index contributed by atoms with van der Waals surface area (Å²) in [5.74, 6) is -1.56. The van der Waals surface area contributed by atoms with Crippen LogP contribution in [0.5, 0.6) is 5.75 Å². The van der Waals surface area contributed by atoms with Gasteiger partial charge in [-0.3, -0.25) is 4.79 Å². The van der Waals surface area contributed by atoms with E-state index in [0.717, 1.165) is 12.1 Å². The van der Waals surface area contributed by atoms with E-state index in [0.29, 0.717) is 5.56 Å². The lowest BCUT2D eigenvalue weighted by molar-refractivity contribution is -0.274. The van der Waals surface area contributed by atoms with Gasteiger partial charge in [0.1, 0.15) is 10.6 Å². The van der Waals surface area contributed by atoms with Crippen molar-refractivity contribution in [1.29, 1.82) is 0 Å². The van der Waals surface area contributed by atoms with Crippen LogP contribution in [0.2, 0.25) is 0 Å². The van der Waals surface area contributed by atoms with Crippen LogP contribution in [-0.2, 0) is 4.79 Å². The Balaban J connectivity index is 2.98. The molecule has 1 unspecified atom stereocenters. The molecule has 1 atom stereocenters. The SMILES string of the molecule is O=C(O)C(Br)c1ccc(OC(F)(F)F)cc1Br. The molecular weight excluding hydrogens is 373 g/mol. The van der Waals surface area contributed by atoms with E-state index in [-0.39, 0.29) is 4.47 Å². The van der Waals surface area contributed by atoms with Crippen molar-refractivity contribution in [2.24, 2.45) is 0 Å². The molecule has 0 radical (unpaired) electrons. The number of hydrogen-bond acceptors (Lipinski definition) is 2. The zero-order chi connectivity index (χ0) is 13.2. The molecule has 1 N–H and O–H groups in total. The molecule has 0 aliphatic heterocycles. The van der Waals surface area contributed by atoms with Gasteiger partial charge in [0.15, 0.2) is 0 Å². The van der Waals surface area contributed by atoms with Crippen LogP contribution in [0.4, 0.5) is 13.2 Å². The summed E-state index contributed by atoms with van der Waals surface area (Å²) in [6, 6.07) is 3.34. The van der Waals surface area contributed by atoms with E-state index in [1.165, 1.54) is 6.07 Å². The fourth-order valence-corrected chi connectivity index (χ4v) is 2.34. The van der Waals surface area contributed by atoms with Crippen LogP contribution in [0.25, 0.3) is 0 Å². The van der Waals surface area contributed by atoms with Gasteiger partial charge in [0, 0.05) is 4.47 Å². The molecule has 1 aromatic rings. The number of benzene rings is 1. The molecule has 0 heterocycles. The summed E-state index contributed by atoms with van der Waals surface area (Å²) in [6.07, 6.45) is -4.78. The number of carbonyl (C=O) groups is 1. The lowest BCUT2D eigenvalue weighted by Crippen LogP contribution is -2.17. The highest BCUT2D eigenvalue weighted by Gasteiger charge is 2.31. The number of hydrogen-bond donors (Lipinski definition) is 1. The lowest BCUT2D eigenvalue weighted by Gasteiger charge is -2.12. The highest BCUT2D eigenvalue weighted by molar-refractivity contribution is 9.11. The van der Waals surface area contributed by atoms with E-state index >= 15 is 0 Å². The summed E-state index contributed by atoms with van der Waals surface area (Å²) < 4.78 is 39.7. The van der Waals surface area contributed by atoms with Gasteiger partial charge in [-0.25, -0.2) is 0 Å². The van der Waals surface area contributed by atoms with Crippen LogP contribution in [0.15, 0.2) is 22.7 Å². The first-order valence-electron chi connectivity index (χ1n) is 4.13. The summed E-state index contributed by atoms with van der Waals surface area (Å²) in [4.78, 5) is 9.68. The summed E-state index contributed by atoms with van der Waals surface area (Å²) in [7, 11) is 0. The lowest BCUT2D eigenvalue weighted by atomic mass is 10.1. The highest BCUT2D eigenvalue weighted by atomic mass is 79.9. The van der Waals surface area contributed by atoms with Crippen molar-refractivity contribution in [3.63, 3.8) is 0 Å². The second-order valence-corrected chi connectivity index (χ2v) is 4.70. The maximum absolute atomic E-state index is 11.9. The Morgan fingerprint density at radius 2 is 2.00 bits per heavy atom. The average Bonchev–Trinajstić information content (AvgIpc) is 2.14. The second kappa shape index (κ2) is 5.26. The van der Waals surface area contributed by atoms with Crippen LogP contribution in [0.3, 0.4) is 0 Å². The fourth-order valence-electron chi connectivity index (χ4n) is 1.04. The fraction of sp³-hybridized carbons (Fsp3) is 0.222. The van der Waals surface area contributed by atoms with Gasteiger partial charge in [-0.1, -0.05) is 37.9 Å². The van der Waals surface area contributed by atoms with Crippen molar-refractivity contribution >= 4 is 37.8 Å². The molecule has 8 heteroatoms. The molecule has 0 fully saturated rings. The Kier molecular flexibility index (Phi) is 4.42. The van der Waals surface area contributed by atoms with E-state index in [9.17, 15) is 18.0 Å². The van der Waals surface area contributed by atoms with E-state index in [1.54, 1.807) is 0 Å². The van der Waals surface area contributed by atoms with E-state index in [4.69, 9.17) is 5.11 Å². The first-order chi connectivity index (χ1) is 7.70.